The Hall–Kier alpha value is -0.810. The molecule has 2 aliphatic heterocycles. The highest BCUT2D eigenvalue weighted by molar-refractivity contribution is 6.30. The van der Waals surface area contributed by atoms with Gasteiger partial charge in [-0.3, -0.25) is 4.90 Å². The van der Waals surface area contributed by atoms with Crippen molar-refractivity contribution in [3.05, 3.63) is 35.2 Å². The first-order valence-corrected chi connectivity index (χ1v) is 7.75. The molecule has 114 valence electrons. The van der Waals surface area contributed by atoms with Gasteiger partial charge < -0.3 is 9.72 Å². The number of pyridine rings is 1. The van der Waals surface area contributed by atoms with E-state index in [1.807, 2.05) is 22.7 Å². The van der Waals surface area contributed by atoms with Crippen molar-refractivity contribution in [3.8, 4) is 0 Å². The Morgan fingerprint density at radius 1 is 1.19 bits per heavy atom. The van der Waals surface area contributed by atoms with Crippen molar-refractivity contribution in [1.29, 1.82) is 0 Å². The van der Waals surface area contributed by atoms with E-state index in [1.165, 1.54) is 25.8 Å². The molecule has 0 saturated carbocycles. The molecule has 0 radical (unpaired) electrons. The Morgan fingerprint density at radius 3 is 2.95 bits per heavy atom. The standard InChI is InChI=1S/C15H19ClN4.ClH/c16-11-1-4-15-18-14(10-20(15)7-11)9-19-6-5-12-2-3-13(8-19)17-12;/h1,4,7,10,12-13,17H,2-3,5-6,8-9H2;1H. The first-order valence-electron chi connectivity index (χ1n) is 7.38. The lowest BCUT2D eigenvalue weighted by Crippen LogP contribution is -2.35. The zero-order valence-corrected chi connectivity index (χ0v) is 13.4. The molecule has 4 rings (SSSR count). The second-order valence-corrected chi connectivity index (χ2v) is 6.44. The lowest BCUT2D eigenvalue weighted by molar-refractivity contribution is 0.248. The minimum atomic E-state index is 0. The monoisotopic (exact) mass is 326 g/mol. The number of aromatic nitrogens is 2. The van der Waals surface area contributed by atoms with Crippen LogP contribution in [0.25, 0.3) is 5.65 Å². The second-order valence-electron chi connectivity index (χ2n) is 6.01. The molecule has 0 spiro atoms. The summed E-state index contributed by atoms with van der Waals surface area (Å²) >= 11 is 6.02. The van der Waals surface area contributed by atoms with E-state index < -0.39 is 0 Å². The SMILES string of the molecule is Cl.Clc1ccc2nc(CN3CCC4CCC(C3)N4)cn2c1. The van der Waals surface area contributed by atoms with Gasteiger partial charge in [-0.1, -0.05) is 11.6 Å². The number of likely N-dealkylation sites (tertiary alicyclic amines) is 1. The van der Waals surface area contributed by atoms with E-state index in [9.17, 15) is 0 Å². The molecule has 2 fully saturated rings. The van der Waals surface area contributed by atoms with Crippen molar-refractivity contribution in [1.82, 2.24) is 19.6 Å². The summed E-state index contributed by atoms with van der Waals surface area (Å²) in [5.41, 5.74) is 2.10. The predicted molar refractivity (Wildman–Crippen MR) is 87.3 cm³/mol. The first-order chi connectivity index (χ1) is 9.76. The number of hydrogen-bond acceptors (Lipinski definition) is 3. The lowest BCUT2D eigenvalue weighted by Gasteiger charge is -2.22. The molecule has 2 aromatic rings. The van der Waals surface area contributed by atoms with Crippen LogP contribution in [0.2, 0.25) is 5.02 Å². The quantitative estimate of drug-likeness (QED) is 0.921. The molecule has 2 aliphatic rings. The molecular formula is C15H20Cl2N4. The van der Waals surface area contributed by atoms with Crippen LogP contribution < -0.4 is 5.32 Å². The van der Waals surface area contributed by atoms with Crippen LogP contribution in [0.4, 0.5) is 0 Å². The average Bonchev–Trinajstić information content (AvgIpc) is 2.95. The van der Waals surface area contributed by atoms with Crippen molar-refractivity contribution < 1.29 is 0 Å². The predicted octanol–water partition coefficient (Wildman–Crippen LogP) is 2.74. The van der Waals surface area contributed by atoms with Gasteiger partial charge in [-0.15, -0.1) is 12.4 Å². The third-order valence-electron chi connectivity index (χ3n) is 4.46. The Bertz CT molecular complexity index is 627. The molecule has 0 aromatic carbocycles. The van der Waals surface area contributed by atoms with E-state index in [0.717, 1.165) is 35.5 Å². The molecule has 2 atom stereocenters. The fourth-order valence-corrected chi connectivity index (χ4v) is 3.65. The number of imidazole rings is 1. The van der Waals surface area contributed by atoms with Gasteiger partial charge in [-0.05, 0) is 31.4 Å². The smallest absolute Gasteiger partial charge is 0.137 e. The first kappa shape index (κ1) is 15.1. The van der Waals surface area contributed by atoms with E-state index in [0.29, 0.717) is 6.04 Å². The van der Waals surface area contributed by atoms with Gasteiger partial charge in [0.2, 0.25) is 0 Å². The summed E-state index contributed by atoms with van der Waals surface area (Å²) in [5, 5.41) is 4.47. The molecule has 2 saturated heterocycles. The van der Waals surface area contributed by atoms with Gasteiger partial charge in [-0.2, -0.15) is 0 Å². The Morgan fingerprint density at radius 2 is 2.05 bits per heavy atom. The number of hydrogen-bond donors (Lipinski definition) is 1. The Balaban J connectivity index is 0.00000132. The molecule has 0 aliphatic carbocycles. The van der Waals surface area contributed by atoms with Gasteiger partial charge in [0.1, 0.15) is 5.65 Å². The van der Waals surface area contributed by atoms with Crippen molar-refractivity contribution in [2.45, 2.75) is 37.9 Å². The van der Waals surface area contributed by atoms with Gasteiger partial charge in [0.05, 0.1) is 10.7 Å². The van der Waals surface area contributed by atoms with Gasteiger partial charge in [0.15, 0.2) is 0 Å². The maximum atomic E-state index is 6.02. The fraction of sp³-hybridized carbons (Fsp3) is 0.533. The van der Waals surface area contributed by atoms with Crippen LogP contribution in [0.5, 0.6) is 0 Å². The second kappa shape index (κ2) is 6.13. The summed E-state index contributed by atoms with van der Waals surface area (Å²) in [6.45, 7) is 3.25. The molecule has 2 aromatic heterocycles. The molecule has 2 unspecified atom stereocenters. The van der Waals surface area contributed by atoms with E-state index in [2.05, 4.69) is 21.4 Å². The van der Waals surface area contributed by atoms with Crippen molar-refractivity contribution in [2.75, 3.05) is 13.1 Å². The maximum absolute atomic E-state index is 6.02. The molecular weight excluding hydrogens is 307 g/mol. The summed E-state index contributed by atoms with van der Waals surface area (Å²) in [4.78, 5) is 7.21. The van der Waals surface area contributed by atoms with Gasteiger partial charge >= 0.3 is 0 Å². The van der Waals surface area contributed by atoms with Crippen molar-refractivity contribution in [2.24, 2.45) is 0 Å². The van der Waals surface area contributed by atoms with Crippen LogP contribution in [0.15, 0.2) is 24.5 Å². The largest absolute Gasteiger partial charge is 0.310 e. The fourth-order valence-electron chi connectivity index (χ4n) is 3.48. The van der Waals surface area contributed by atoms with Crippen LogP contribution in [0.3, 0.4) is 0 Å². The number of fused-ring (bicyclic) bond motifs is 3. The zero-order chi connectivity index (χ0) is 13.5. The van der Waals surface area contributed by atoms with Crippen molar-refractivity contribution in [3.63, 3.8) is 0 Å². The van der Waals surface area contributed by atoms with Crippen molar-refractivity contribution >= 4 is 29.7 Å². The Labute approximate surface area is 135 Å². The molecule has 4 nitrogen and oxygen atoms in total. The number of nitrogens with one attached hydrogen (secondary N) is 1. The summed E-state index contributed by atoms with van der Waals surface area (Å²) in [6.07, 6.45) is 7.94. The number of halogens is 2. The van der Waals surface area contributed by atoms with Gasteiger partial charge in [0, 0.05) is 44.1 Å². The normalized spacial score (nSPS) is 25.8. The minimum absolute atomic E-state index is 0. The molecule has 1 N–H and O–H groups in total. The third kappa shape index (κ3) is 3.19. The molecule has 6 heteroatoms. The van der Waals surface area contributed by atoms with E-state index in [1.54, 1.807) is 0 Å². The third-order valence-corrected chi connectivity index (χ3v) is 4.68. The molecule has 2 bridgehead atoms. The van der Waals surface area contributed by atoms with Gasteiger partial charge in [-0.25, -0.2) is 4.98 Å². The summed E-state index contributed by atoms with van der Waals surface area (Å²) in [6, 6.07) is 5.28. The van der Waals surface area contributed by atoms with E-state index in [-0.39, 0.29) is 12.4 Å². The summed E-state index contributed by atoms with van der Waals surface area (Å²) in [5.74, 6) is 0. The van der Waals surface area contributed by atoms with E-state index in [4.69, 9.17) is 11.6 Å². The van der Waals surface area contributed by atoms with Gasteiger partial charge in [0.25, 0.3) is 0 Å². The maximum Gasteiger partial charge on any atom is 0.137 e. The van der Waals surface area contributed by atoms with Crippen LogP contribution >= 0.6 is 24.0 Å². The topological polar surface area (TPSA) is 32.6 Å². The number of rotatable bonds is 2. The van der Waals surface area contributed by atoms with Crippen LogP contribution in [0, 0.1) is 0 Å². The highest BCUT2D eigenvalue weighted by Crippen LogP contribution is 2.21. The highest BCUT2D eigenvalue weighted by Gasteiger charge is 2.29. The molecule has 0 amide bonds. The average molecular weight is 327 g/mol. The van der Waals surface area contributed by atoms with Crippen LogP contribution in [0.1, 0.15) is 25.0 Å². The Kier molecular flexibility index (Phi) is 4.41. The highest BCUT2D eigenvalue weighted by atomic mass is 35.5. The van der Waals surface area contributed by atoms with Crippen LogP contribution in [-0.2, 0) is 6.54 Å². The molecule has 21 heavy (non-hydrogen) atoms. The van der Waals surface area contributed by atoms with E-state index >= 15 is 0 Å². The number of nitrogens with zero attached hydrogens (tertiary/aromatic N) is 3. The molecule has 4 heterocycles. The minimum Gasteiger partial charge on any atom is -0.310 e. The summed E-state index contributed by atoms with van der Waals surface area (Å²) in [7, 11) is 0. The van der Waals surface area contributed by atoms with Crippen LogP contribution in [-0.4, -0.2) is 39.5 Å². The zero-order valence-electron chi connectivity index (χ0n) is 11.8. The lowest BCUT2D eigenvalue weighted by atomic mass is 10.1. The summed E-state index contributed by atoms with van der Waals surface area (Å²) < 4.78 is 2.01.